The van der Waals surface area contributed by atoms with E-state index in [4.69, 9.17) is 0 Å². The molecule has 6 nitrogen and oxygen atoms in total. The molecule has 0 atom stereocenters. The van der Waals surface area contributed by atoms with Gasteiger partial charge in [0, 0.05) is 19.6 Å². The lowest BCUT2D eigenvalue weighted by Crippen LogP contribution is -2.42. The van der Waals surface area contributed by atoms with Crippen LogP contribution in [0.2, 0.25) is 0 Å². The van der Waals surface area contributed by atoms with Crippen molar-refractivity contribution in [2.75, 3.05) is 25.0 Å². The highest BCUT2D eigenvalue weighted by atomic mass is 16.3. The lowest BCUT2D eigenvalue weighted by atomic mass is 10.1. The summed E-state index contributed by atoms with van der Waals surface area (Å²) in [5, 5.41) is 16.4. The molecule has 21 heavy (non-hydrogen) atoms. The number of carbonyl (C=O) groups is 1. The third-order valence-electron chi connectivity index (χ3n) is 3.97. The molecule has 0 aliphatic rings. The quantitative estimate of drug-likeness (QED) is 0.762. The summed E-state index contributed by atoms with van der Waals surface area (Å²) in [4.78, 5) is 14.3. The van der Waals surface area contributed by atoms with Gasteiger partial charge in [-0.15, -0.1) is 0 Å². The lowest BCUT2D eigenvalue weighted by Gasteiger charge is -2.29. The van der Waals surface area contributed by atoms with Crippen LogP contribution in [0, 0.1) is 13.8 Å². The Morgan fingerprint density at radius 2 is 2.00 bits per heavy atom. The average Bonchev–Trinajstić information content (AvgIpc) is 2.67. The zero-order valence-electron chi connectivity index (χ0n) is 13.8. The molecule has 0 aliphatic heterocycles. The summed E-state index contributed by atoms with van der Waals surface area (Å²) >= 11 is 0. The molecule has 1 aromatic rings. The van der Waals surface area contributed by atoms with Crippen molar-refractivity contribution in [3.05, 3.63) is 11.4 Å². The molecule has 0 bridgehead atoms. The Morgan fingerprint density at radius 3 is 2.43 bits per heavy atom. The van der Waals surface area contributed by atoms with Crippen LogP contribution in [-0.4, -0.2) is 51.4 Å². The maximum atomic E-state index is 12.3. The van der Waals surface area contributed by atoms with Crippen LogP contribution in [0.4, 0.5) is 5.69 Å². The molecule has 1 heterocycles. The van der Waals surface area contributed by atoms with Crippen LogP contribution in [0.5, 0.6) is 0 Å². The molecule has 6 heteroatoms. The van der Waals surface area contributed by atoms with Crippen molar-refractivity contribution in [2.24, 2.45) is 7.05 Å². The second kappa shape index (κ2) is 8.14. The van der Waals surface area contributed by atoms with Crippen LogP contribution >= 0.6 is 0 Å². The summed E-state index contributed by atoms with van der Waals surface area (Å²) in [6.45, 7) is 8.90. The molecule has 0 spiro atoms. The predicted molar refractivity (Wildman–Crippen MR) is 84.3 cm³/mol. The molecule has 0 unspecified atom stereocenters. The van der Waals surface area contributed by atoms with Gasteiger partial charge in [0.25, 0.3) is 0 Å². The van der Waals surface area contributed by atoms with Crippen LogP contribution in [0.25, 0.3) is 0 Å². The number of anilines is 1. The van der Waals surface area contributed by atoms with Gasteiger partial charge in [-0.3, -0.25) is 14.4 Å². The molecule has 0 aliphatic carbocycles. The highest BCUT2D eigenvalue weighted by Gasteiger charge is 2.19. The van der Waals surface area contributed by atoms with Crippen molar-refractivity contribution >= 4 is 11.6 Å². The number of rotatable bonds is 8. The number of hydrogen-bond donors (Lipinski definition) is 2. The van der Waals surface area contributed by atoms with Crippen LogP contribution in [0.1, 0.15) is 38.1 Å². The van der Waals surface area contributed by atoms with E-state index in [-0.39, 0.29) is 12.5 Å². The first kappa shape index (κ1) is 17.7. The minimum absolute atomic E-state index is 0.0606. The van der Waals surface area contributed by atoms with Crippen LogP contribution in [0.15, 0.2) is 0 Å². The van der Waals surface area contributed by atoms with Crippen LogP contribution in [0.3, 0.4) is 0 Å². The Balaban J connectivity index is 2.73. The molecule has 1 rings (SSSR count). The molecule has 1 aromatic heterocycles. The van der Waals surface area contributed by atoms with Crippen molar-refractivity contribution in [1.29, 1.82) is 0 Å². The van der Waals surface area contributed by atoms with Crippen molar-refractivity contribution in [2.45, 2.75) is 46.6 Å². The SMILES string of the molecule is CCC(CC)N(CCO)CC(=O)Nc1c(C)nn(C)c1C. The fraction of sp³-hybridized carbons (Fsp3) is 0.733. The fourth-order valence-corrected chi connectivity index (χ4v) is 2.64. The Morgan fingerprint density at radius 1 is 1.38 bits per heavy atom. The molecule has 2 N–H and O–H groups in total. The largest absolute Gasteiger partial charge is 0.395 e. The van der Waals surface area contributed by atoms with E-state index in [1.165, 1.54) is 0 Å². The lowest BCUT2D eigenvalue weighted by molar-refractivity contribution is -0.118. The normalized spacial score (nSPS) is 11.4. The number of carbonyl (C=O) groups excluding carboxylic acids is 1. The maximum Gasteiger partial charge on any atom is 0.238 e. The van der Waals surface area contributed by atoms with Gasteiger partial charge >= 0.3 is 0 Å². The molecule has 120 valence electrons. The highest BCUT2D eigenvalue weighted by Crippen LogP contribution is 2.18. The minimum atomic E-state index is -0.0606. The summed E-state index contributed by atoms with van der Waals surface area (Å²) in [5.74, 6) is -0.0606. The molecule has 0 radical (unpaired) electrons. The number of aryl methyl sites for hydroxylation is 2. The monoisotopic (exact) mass is 296 g/mol. The second-order valence-electron chi connectivity index (χ2n) is 5.38. The first-order chi connectivity index (χ1) is 9.94. The van der Waals surface area contributed by atoms with Gasteiger partial charge in [0.2, 0.25) is 5.91 Å². The maximum absolute atomic E-state index is 12.3. The average molecular weight is 296 g/mol. The third-order valence-corrected chi connectivity index (χ3v) is 3.97. The van der Waals surface area contributed by atoms with E-state index in [9.17, 15) is 9.90 Å². The molecule has 0 aromatic carbocycles. The third kappa shape index (κ3) is 4.54. The number of aliphatic hydroxyl groups excluding tert-OH is 1. The van der Waals surface area contributed by atoms with Gasteiger partial charge in [0.1, 0.15) is 0 Å². The van der Waals surface area contributed by atoms with Gasteiger partial charge in [-0.25, -0.2) is 0 Å². The van der Waals surface area contributed by atoms with Gasteiger partial charge in [-0.2, -0.15) is 5.10 Å². The minimum Gasteiger partial charge on any atom is -0.395 e. The topological polar surface area (TPSA) is 70.4 Å². The predicted octanol–water partition coefficient (Wildman–Crippen LogP) is 1.46. The van der Waals surface area contributed by atoms with Gasteiger partial charge in [0.15, 0.2) is 0 Å². The Hall–Kier alpha value is -1.40. The van der Waals surface area contributed by atoms with Crippen molar-refractivity contribution in [1.82, 2.24) is 14.7 Å². The summed E-state index contributed by atoms with van der Waals surface area (Å²) in [6.07, 6.45) is 1.93. The molecule has 0 saturated heterocycles. The number of nitrogens with zero attached hydrogens (tertiary/aromatic N) is 3. The van der Waals surface area contributed by atoms with E-state index < -0.39 is 0 Å². The van der Waals surface area contributed by atoms with Crippen LogP contribution in [-0.2, 0) is 11.8 Å². The summed E-state index contributed by atoms with van der Waals surface area (Å²) in [5.41, 5.74) is 2.55. The van der Waals surface area contributed by atoms with Crippen molar-refractivity contribution in [3.8, 4) is 0 Å². The van der Waals surface area contributed by atoms with Gasteiger partial charge in [-0.05, 0) is 26.7 Å². The molecule has 1 amide bonds. The Bertz CT molecular complexity index is 466. The summed E-state index contributed by atoms with van der Waals surface area (Å²) in [7, 11) is 1.86. The molecular weight excluding hydrogens is 268 g/mol. The van der Waals surface area contributed by atoms with Crippen LogP contribution < -0.4 is 5.32 Å². The second-order valence-corrected chi connectivity index (χ2v) is 5.38. The van der Waals surface area contributed by atoms with Gasteiger partial charge in [-0.1, -0.05) is 13.8 Å². The zero-order valence-corrected chi connectivity index (χ0v) is 13.8. The van der Waals surface area contributed by atoms with E-state index in [1.54, 1.807) is 4.68 Å². The number of nitrogens with one attached hydrogen (secondary N) is 1. The van der Waals surface area contributed by atoms with Crippen molar-refractivity contribution < 1.29 is 9.90 Å². The Labute approximate surface area is 127 Å². The first-order valence-electron chi connectivity index (χ1n) is 7.59. The smallest absolute Gasteiger partial charge is 0.238 e. The van der Waals surface area contributed by atoms with E-state index in [1.807, 2.05) is 25.8 Å². The van der Waals surface area contributed by atoms with Crippen molar-refractivity contribution in [3.63, 3.8) is 0 Å². The van der Waals surface area contributed by atoms with E-state index >= 15 is 0 Å². The Kier molecular flexibility index (Phi) is 6.84. The summed E-state index contributed by atoms with van der Waals surface area (Å²) in [6, 6.07) is 0.319. The summed E-state index contributed by atoms with van der Waals surface area (Å²) < 4.78 is 1.76. The molecular formula is C15H28N4O2. The zero-order chi connectivity index (χ0) is 16.0. The first-order valence-corrected chi connectivity index (χ1v) is 7.59. The van der Waals surface area contributed by atoms with Gasteiger partial charge in [0.05, 0.1) is 30.2 Å². The van der Waals surface area contributed by atoms with Gasteiger partial charge < -0.3 is 10.4 Å². The number of amides is 1. The molecule has 0 fully saturated rings. The fourth-order valence-electron chi connectivity index (χ4n) is 2.64. The molecule has 0 saturated carbocycles. The van der Waals surface area contributed by atoms with E-state index in [2.05, 4.69) is 24.3 Å². The van der Waals surface area contributed by atoms with E-state index in [0.717, 1.165) is 29.9 Å². The highest BCUT2D eigenvalue weighted by molar-refractivity contribution is 5.93. The number of hydrogen-bond acceptors (Lipinski definition) is 4. The number of aromatic nitrogens is 2. The standard InChI is InChI=1S/C15H28N4O2/c1-6-13(7-2)19(8-9-20)10-14(21)16-15-11(3)17-18(5)12(15)4/h13,20H,6-10H2,1-5H3,(H,16,21). The van der Waals surface area contributed by atoms with E-state index in [0.29, 0.717) is 19.1 Å². The number of aliphatic hydroxyl groups is 1.